The zero-order chi connectivity index (χ0) is 29.6. The van der Waals surface area contributed by atoms with Crippen molar-refractivity contribution in [3.63, 3.8) is 0 Å². The molecule has 3 aliphatic rings. The lowest BCUT2D eigenvalue weighted by molar-refractivity contribution is -0.143. The van der Waals surface area contributed by atoms with Crippen LogP contribution in [0.15, 0.2) is 0 Å². The molecule has 3 fully saturated rings. The van der Waals surface area contributed by atoms with Crippen LogP contribution in [0.1, 0.15) is 105 Å². The van der Waals surface area contributed by atoms with Crippen molar-refractivity contribution in [3.05, 3.63) is 0 Å². The number of amides is 5. The van der Waals surface area contributed by atoms with E-state index in [1.807, 2.05) is 20.8 Å². The highest BCUT2D eigenvalue weighted by Gasteiger charge is 2.46. The van der Waals surface area contributed by atoms with Gasteiger partial charge in [0.1, 0.15) is 12.1 Å². The molecule has 2 unspecified atom stereocenters. The first-order valence-corrected chi connectivity index (χ1v) is 15.3. The number of urea groups is 1. The summed E-state index contributed by atoms with van der Waals surface area (Å²) in [6.45, 7) is 10.3. The van der Waals surface area contributed by atoms with Crippen LogP contribution in [0.25, 0.3) is 0 Å². The largest absolute Gasteiger partial charge is 0.363 e. The van der Waals surface area contributed by atoms with Gasteiger partial charge in [0, 0.05) is 12.1 Å². The number of nitrogens with two attached hydrogens (primary N) is 1. The van der Waals surface area contributed by atoms with Gasteiger partial charge in [-0.2, -0.15) is 0 Å². The lowest BCUT2D eigenvalue weighted by Crippen LogP contribution is -2.60. The Kier molecular flexibility index (Phi) is 11.0. The first-order valence-electron chi connectivity index (χ1n) is 15.3. The third kappa shape index (κ3) is 8.43. The van der Waals surface area contributed by atoms with E-state index in [0.717, 1.165) is 57.8 Å². The van der Waals surface area contributed by atoms with Gasteiger partial charge in [-0.15, -0.1) is 0 Å². The topological polar surface area (TPSA) is 151 Å². The molecule has 0 aromatic heterocycles. The third-order valence-corrected chi connectivity index (χ3v) is 9.20. The maximum Gasteiger partial charge on any atom is 0.315 e. The van der Waals surface area contributed by atoms with Crippen molar-refractivity contribution in [1.82, 2.24) is 20.9 Å². The highest BCUT2D eigenvalue weighted by molar-refractivity contribution is 6.37. The zero-order valence-electron chi connectivity index (χ0n) is 25.1. The summed E-state index contributed by atoms with van der Waals surface area (Å²) in [5, 5.41) is 8.67. The molecular formula is C30H51N5O5. The van der Waals surface area contributed by atoms with Gasteiger partial charge in [0.15, 0.2) is 0 Å². The third-order valence-electron chi connectivity index (χ3n) is 9.20. The molecule has 2 aliphatic carbocycles. The molecule has 0 aromatic rings. The molecule has 10 heteroatoms. The summed E-state index contributed by atoms with van der Waals surface area (Å²) in [5.41, 5.74) is 4.85. The molecule has 5 amide bonds. The summed E-state index contributed by atoms with van der Waals surface area (Å²) in [6.07, 6.45) is 9.49. The molecular weight excluding hydrogens is 510 g/mol. The van der Waals surface area contributed by atoms with E-state index in [4.69, 9.17) is 5.73 Å². The van der Waals surface area contributed by atoms with E-state index in [9.17, 15) is 24.0 Å². The van der Waals surface area contributed by atoms with Crippen molar-refractivity contribution in [1.29, 1.82) is 0 Å². The van der Waals surface area contributed by atoms with Crippen molar-refractivity contribution in [2.45, 2.75) is 129 Å². The van der Waals surface area contributed by atoms with Crippen LogP contribution < -0.4 is 21.7 Å². The van der Waals surface area contributed by atoms with Crippen LogP contribution in [0.2, 0.25) is 0 Å². The normalized spacial score (nSPS) is 24.4. The minimum Gasteiger partial charge on any atom is -0.363 e. The zero-order valence-corrected chi connectivity index (χ0v) is 25.1. The molecule has 1 saturated heterocycles. The first kappa shape index (κ1) is 31.9. The van der Waals surface area contributed by atoms with Gasteiger partial charge in [-0.1, -0.05) is 58.8 Å². The summed E-state index contributed by atoms with van der Waals surface area (Å²) in [4.78, 5) is 66.9. The quantitative estimate of drug-likeness (QED) is 0.286. The van der Waals surface area contributed by atoms with Crippen LogP contribution >= 0.6 is 0 Å². The van der Waals surface area contributed by atoms with Crippen LogP contribution in [0, 0.1) is 23.7 Å². The number of Topliss-reactive ketones (excluding diaryl/α,β-unsaturated/α-hetero) is 1. The number of carbonyl (C=O) groups excluding carboxylic acids is 5. The van der Waals surface area contributed by atoms with Gasteiger partial charge in [-0.25, -0.2) is 4.79 Å². The monoisotopic (exact) mass is 561 g/mol. The van der Waals surface area contributed by atoms with E-state index < -0.39 is 47.3 Å². The molecule has 1 heterocycles. The van der Waals surface area contributed by atoms with Gasteiger partial charge in [-0.05, 0) is 70.1 Å². The maximum absolute atomic E-state index is 14.2. The Morgan fingerprint density at radius 3 is 2.10 bits per heavy atom. The minimum absolute atomic E-state index is 0.0128. The second-order valence-electron chi connectivity index (χ2n) is 13.4. The second kappa shape index (κ2) is 13.8. The van der Waals surface area contributed by atoms with Crippen LogP contribution in [0.5, 0.6) is 0 Å². The van der Waals surface area contributed by atoms with E-state index in [2.05, 4.69) is 29.8 Å². The molecule has 5 atom stereocenters. The van der Waals surface area contributed by atoms with Crippen molar-refractivity contribution in [3.8, 4) is 0 Å². The SMILES string of the molecule is CCC(C)[C@@H]1C[C@@H](C(=O)NC(CC2CCC2)C(=O)C(N)=O)N(C(=O)[C@@H](NC(=O)NC(C)(C)C)C2CCCCC2)C1. The average molecular weight is 562 g/mol. The van der Waals surface area contributed by atoms with Crippen molar-refractivity contribution in [2.24, 2.45) is 29.4 Å². The Morgan fingerprint density at radius 2 is 1.57 bits per heavy atom. The fourth-order valence-corrected chi connectivity index (χ4v) is 6.38. The fraction of sp³-hybridized carbons (Fsp3) is 0.833. The van der Waals surface area contributed by atoms with Gasteiger partial charge in [0.2, 0.25) is 17.6 Å². The van der Waals surface area contributed by atoms with Gasteiger partial charge >= 0.3 is 6.03 Å². The molecule has 5 N–H and O–H groups in total. The minimum atomic E-state index is -1.06. The predicted molar refractivity (Wildman–Crippen MR) is 153 cm³/mol. The Morgan fingerprint density at radius 1 is 0.925 bits per heavy atom. The Labute approximate surface area is 239 Å². The molecule has 0 aromatic carbocycles. The molecule has 1 aliphatic heterocycles. The van der Waals surface area contributed by atoms with Crippen molar-refractivity contribution >= 4 is 29.5 Å². The molecule has 226 valence electrons. The van der Waals surface area contributed by atoms with E-state index in [0.29, 0.717) is 19.4 Å². The first-order chi connectivity index (χ1) is 18.8. The number of nitrogens with zero attached hydrogens (tertiary/aromatic N) is 1. The van der Waals surface area contributed by atoms with E-state index in [1.165, 1.54) is 0 Å². The number of ketones is 1. The molecule has 3 rings (SSSR count). The van der Waals surface area contributed by atoms with Crippen molar-refractivity contribution in [2.75, 3.05) is 6.54 Å². The molecule has 40 heavy (non-hydrogen) atoms. The second-order valence-corrected chi connectivity index (χ2v) is 13.4. The number of likely N-dealkylation sites (tertiary alicyclic amines) is 1. The van der Waals surface area contributed by atoms with Gasteiger partial charge < -0.3 is 26.6 Å². The van der Waals surface area contributed by atoms with Crippen LogP contribution in [-0.4, -0.2) is 64.6 Å². The summed E-state index contributed by atoms with van der Waals surface area (Å²) >= 11 is 0. The van der Waals surface area contributed by atoms with Gasteiger partial charge in [0.05, 0.1) is 6.04 Å². The number of primary amides is 1. The van der Waals surface area contributed by atoms with Crippen LogP contribution in [0.4, 0.5) is 4.79 Å². The molecule has 10 nitrogen and oxygen atoms in total. The number of rotatable bonds is 11. The smallest absolute Gasteiger partial charge is 0.315 e. The molecule has 2 saturated carbocycles. The Hall–Kier alpha value is -2.65. The standard InChI is InChI=1S/C30H51N5O5/c1-6-18(2)21-16-23(27(38)32-22(25(36)26(31)37)15-19-11-10-12-19)35(17-21)28(39)24(20-13-8-7-9-14-20)33-29(40)34-30(3,4)5/h18-24H,6-17H2,1-5H3,(H2,31,37)(H,32,38)(H2,33,34,40)/t18?,21-,22?,23+,24+/m1/s1. The summed E-state index contributed by atoms with van der Waals surface area (Å²) < 4.78 is 0. The molecule has 0 radical (unpaired) electrons. The Balaban J connectivity index is 1.85. The van der Waals surface area contributed by atoms with E-state index >= 15 is 0 Å². The number of nitrogens with one attached hydrogen (secondary N) is 3. The van der Waals surface area contributed by atoms with Gasteiger partial charge in [0.25, 0.3) is 5.91 Å². The number of hydrogen-bond donors (Lipinski definition) is 4. The van der Waals surface area contributed by atoms with Gasteiger partial charge in [-0.3, -0.25) is 19.2 Å². The maximum atomic E-state index is 14.2. The highest BCUT2D eigenvalue weighted by atomic mass is 16.2. The number of carbonyl (C=O) groups is 5. The average Bonchev–Trinajstić information content (AvgIpc) is 3.32. The number of hydrogen-bond acceptors (Lipinski definition) is 5. The molecule has 0 bridgehead atoms. The summed E-state index contributed by atoms with van der Waals surface area (Å²) in [5.74, 6) is -1.89. The lowest BCUT2D eigenvalue weighted by atomic mass is 9.80. The van der Waals surface area contributed by atoms with Crippen LogP contribution in [-0.2, 0) is 19.2 Å². The molecule has 0 spiro atoms. The highest BCUT2D eigenvalue weighted by Crippen LogP contribution is 2.35. The van der Waals surface area contributed by atoms with E-state index in [1.54, 1.807) is 4.90 Å². The Bertz CT molecular complexity index is 937. The lowest BCUT2D eigenvalue weighted by Gasteiger charge is -2.36. The fourth-order valence-electron chi connectivity index (χ4n) is 6.38. The summed E-state index contributed by atoms with van der Waals surface area (Å²) in [6, 6.07) is -2.91. The van der Waals surface area contributed by atoms with E-state index in [-0.39, 0.29) is 29.6 Å². The predicted octanol–water partition coefficient (Wildman–Crippen LogP) is 3.03. The summed E-state index contributed by atoms with van der Waals surface area (Å²) in [7, 11) is 0. The van der Waals surface area contributed by atoms with Crippen molar-refractivity contribution < 1.29 is 24.0 Å². The van der Waals surface area contributed by atoms with Crippen LogP contribution in [0.3, 0.4) is 0 Å².